The molecule has 0 bridgehead atoms. The Morgan fingerprint density at radius 3 is 2.42 bits per heavy atom. The van der Waals surface area contributed by atoms with E-state index in [-0.39, 0.29) is 6.61 Å². The van der Waals surface area contributed by atoms with E-state index >= 15 is 0 Å². The highest BCUT2D eigenvalue weighted by atomic mass is 79.9. The molecule has 0 saturated heterocycles. The summed E-state index contributed by atoms with van der Waals surface area (Å²) in [6, 6.07) is 8.07. The van der Waals surface area contributed by atoms with Gasteiger partial charge in [-0.1, -0.05) is 15.9 Å². The van der Waals surface area contributed by atoms with Crippen LogP contribution in [0.4, 0.5) is 8.78 Å². The normalized spacial score (nSPS) is 10.3. The summed E-state index contributed by atoms with van der Waals surface area (Å²) in [4.78, 5) is 10.8. The highest BCUT2D eigenvalue weighted by molar-refractivity contribution is 9.10. The summed E-state index contributed by atoms with van der Waals surface area (Å²) in [5.41, 5.74) is 0.830. The van der Waals surface area contributed by atoms with E-state index in [0.717, 1.165) is 6.07 Å². The lowest BCUT2D eigenvalue weighted by atomic mass is 10.2. The van der Waals surface area contributed by atoms with E-state index in [2.05, 4.69) is 15.9 Å². The van der Waals surface area contributed by atoms with E-state index in [4.69, 9.17) is 4.74 Å². The Morgan fingerprint density at radius 2 is 1.79 bits per heavy atom. The molecule has 0 radical (unpaired) electrons. The van der Waals surface area contributed by atoms with Crippen LogP contribution in [0.15, 0.2) is 40.9 Å². The molecule has 0 aliphatic carbocycles. The van der Waals surface area contributed by atoms with Crippen LogP contribution < -0.4 is 4.74 Å². The molecule has 0 heterocycles. The van der Waals surface area contributed by atoms with Crippen molar-refractivity contribution in [2.75, 3.05) is 0 Å². The standard InChI is InChI=1S/C14H9BrF2O2/c15-14-2-1-13(5-10(14)7-18)19-8-9-3-11(16)6-12(17)4-9/h1-7H,8H2. The molecular weight excluding hydrogens is 318 g/mol. The summed E-state index contributed by atoms with van der Waals surface area (Å²) >= 11 is 3.22. The van der Waals surface area contributed by atoms with Crippen molar-refractivity contribution in [2.24, 2.45) is 0 Å². The Bertz CT molecular complexity index is 594. The molecule has 0 fully saturated rings. The fourth-order valence-corrected chi connectivity index (χ4v) is 1.90. The molecule has 0 unspecified atom stereocenters. The topological polar surface area (TPSA) is 26.3 Å². The van der Waals surface area contributed by atoms with Crippen molar-refractivity contribution in [3.8, 4) is 5.75 Å². The predicted octanol–water partition coefficient (Wildman–Crippen LogP) is 4.12. The Labute approximate surface area is 117 Å². The van der Waals surface area contributed by atoms with E-state index in [0.29, 0.717) is 27.6 Å². The SMILES string of the molecule is O=Cc1cc(OCc2cc(F)cc(F)c2)ccc1Br. The van der Waals surface area contributed by atoms with Gasteiger partial charge in [-0.15, -0.1) is 0 Å². The van der Waals surface area contributed by atoms with Gasteiger partial charge in [0.2, 0.25) is 0 Å². The molecule has 0 N–H and O–H groups in total. The molecule has 0 atom stereocenters. The van der Waals surface area contributed by atoms with Crippen LogP contribution in [0, 0.1) is 11.6 Å². The van der Waals surface area contributed by atoms with Gasteiger partial charge >= 0.3 is 0 Å². The summed E-state index contributed by atoms with van der Waals surface area (Å²) in [6.07, 6.45) is 0.693. The Balaban J connectivity index is 2.12. The Morgan fingerprint density at radius 1 is 1.11 bits per heavy atom. The maximum atomic E-state index is 13.0. The minimum Gasteiger partial charge on any atom is -0.489 e. The van der Waals surface area contributed by atoms with Crippen LogP contribution in [0.1, 0.15) is 15.9 Å². The first kappa shape index (κ1) is 13.7. The van der Waals surface area contributed by atoms with Crippen molar-refractivity contribution in [3.63, 3.8) is 0 Å². The van der Waals surface area contributed by atoms with Gasteiger partial charge in [-0.25, -0.2) is 8.78 Å². The third-order valence-corrected chi connectivity index (χ3v) is 3.14. The fourth-order valence-electron chi connectivity index (χ4n) is 1.56. The van der Waals surface area contributed by atoms with Gasteiger partial charge in [0.05, 0.1) is 0 Å². The largest absolute Gasteiger partial charge is 0.489 e. The number of aldehydes is 1. The Kier molecular flexibility index (Phi) is 4.27. The first-order chi connectivity index (χ1) is 9.08. The van der Waals surface area contributed by atoms with E-state index in [1.54, 1.807) is 18.2 Å². The van der Waals surface area contributed by atoms with Crippen molar-refractivity contribution < 1.29 is 18.3 Å². The van der Waals surface area contributed by atoms with Crippen LogP contribution >= 0.6 is 15.9 Å². The monoisotopic (exact) mass is 326 g/mol. The number of hydrogen-bond donors (Lipinski definition) is 0. The van der Waals surface area contributed by atoms with Crippen molar-refractivity contribution in [1.82, 2.24) is 0 Å². The first-order valence-corrected chi connectivity index (χ1v) is 6.20. The van der Waals surface area contributed by atoms with E-state index < -0.39 is 11.6 Å². The quantitative estimate of drug-likeness (QED) is 0.790. The molecule has 5 heteroatoms. The molecule has 2 aromatic rings. The molecule has 2 nitrogen and oxygen atoms in total. The fraction of sp³-hybridized carbons (Fsp3) is 0.0714. The summed E-state index contributed by atoms with van der Waals surface area (Å²) in [5.74, 6) is -0.846. The second-order valence-corrected chi connectivity index (χ2v) is 4.72. The van der Waals surface area contributed by atoms with Gasteiger partial charge in [-0.2, -0.15) is 0 Å². The maximum Gasteiger partial charge on any atom is 0.151 e. The van der Waals surface area contributed by atoms with Crippen molar-refractivity contribution in [1.29, 1.82) is 0 Å². The molecule has 2 aromatic carbocycles. The molecule has 0 spiro atoms. The van der Waals surface area contributed by atoms with Crippen molar-refractivity contribution >= 4 is 22.2 Å². The third kappa shape index (κ3) is 3.61. The van der Waals surface area contributed by atoms with Gasteiger partial charge in [-0.3, -0.25) is 4.79 Å². The highest BCUT2D eigenvalue weighted by Crippen LogP contribution is 2.22. The number of carbonyl (C=O) groups is 1. The van der Waals surface area contributed by atoms with Crippen LogP contribution in [-0.2, 0) is 6.61 Å². The number of rotatable bonds is 4. The summed E-state index contributed by atoms with van der Waals surface area (Å²) in [5, 5.41) is 0. The van der Waals surface area contributed by atoms with Gasteiger partial charge in [0.15, 0.2) is 6.29 Å². The highest BCUT2D eigenvalue weighted by Gasteiger charge is 2.04. The second-order valence-electron chi connectivity index (χ2n) is 3.87. The molecule has 98 valence electrons. The van der Waals surface area contributed by atoms with Crippen LogP contribution in [-0.4, -0.2) is 6.29 Å². The van der Waals surface area contributed by atoms with E-state index in [1.807, 2.05) is 0 Å². The van der Waals surface area contributed by atoms with Crippen LogP contribution in [0.5, 0.6) is 5.75 Å². The van der Waals surface area contributed by atoms with Crippen LogP contribution in [0.25, 0.3) is 0 Å². The van der Waals surface area contributed by atoms with Crippen LogP contribution in [0.2, 0.25) is 0 Å². The van der Waals surface area contributed by atoms with Crippen molar-refractivity contribution in [2.45, 2.75) is 6.61 Å². The second kappa shape index (κ2) is 5.93. The smallest absolute Gasteiger partial charge is 0.151 e. The average Bonchev–Trinajstić information content (AvgIpc) is 2.36. The lowest BCUT2D eigenvalue weighted by Gasteiger charge is -2.08. The number of hydrogen-bond acceptors (Lipinski definition) is 2. The van der Waals surface area contributed by atoms with Gasteiger partial charge in [-0.05, 0) is 35.9 Å². The molecule has 0 saturated carbocycles. The minimum atomic E-state index is -0.650. The summed E-state index contributed by atoms with van der Waals surface area (Å²) in [6.45, 7) is 0.0224. The molecule has 0 amide bonds. The average molecular weight is 327 g/mol. The minimum absolute atomic E-state index is 0.0224. The van der Waals surface area contributed by atoms with E-state index in [9.17, 15) is 13.6 Å². The van der Waals surface area contributed by atoms with Gasteiger partial charge in [0.1, 0.15) is 24.0 Å². The molecule has 0 aliphatic heterocycles. The predicted molar refractivity (Wildman–Crippen MR) is 70.2 cm³/mol. The third-order valence-electron chi connectivity index (χ3n) is 2.42. The zero-order valence-corrected chi connectivity index (χ0v) is 11.3. The number of benzene rings is 2. The number of ether oxygens (including phenoxy) is 1. The molecular formula is C14H9BrF2O2. The number of halogens is 3. The zero-order valence-electron chi connectivity index (χ0n) is 9.70. The summed E-state index contributed by atoms with van der Waals surface area (Å²) in [7, 11) is 0. The molecule has 19 heavy (non-hydrogen) atoms. The molecule has 2 rings (SSSR count). The van der Waals surface area contributed by atoms with Gasteiger partial charge < -0.3 is 4.74 Å². The summed E-state index contributed by atoms with van der Waals surface area (Å²) < 4.78 is 32.0. The van der Waals surface area contributed by atoms with Crippen LogP contribution in [0.3, 0.4) is 0 Å². The zero-order chi connectivity index (χ0) is 13.8. The molecule has 0 aromatic heterocycles. The lowest BCUT2D eigenvalue weighted by Crippen LogP contribution is -1.98. The van der Waals surface area contributed by atoms with Crippen molar-refractivity contribution in [3.05, 3.63) is 63.6 Å². The Hall–Kier alpha value is -1.75. The number of carbonyl (C=O) groups excluding carboxylic acids is 1. The maximum absolute atomic E-state index is 13.0. The molecule has 0 aliphatic rings. The van der Waals surface area contributed by atoms with Gasteiger partial charge in [0, 0.05) is 16.1 Å². The van der Waals surface area contributed by atoms with E-state index in [1.165, 1.54) is 12.1 Å². The van der Waals surface area contributed by atoms with Gasteiger partial charge in [0.25, 0.3) is 0 Å². The first-order valence-electron chi connectivity index (χ1n) is 5.41. The lowest BCUT2D eigenvalue weighted by molar-refractivity contribution is 0.112.